The Morgan fingerprint density at radius 2 is 2.00 bits per heavy atom. The maximum Gasteiger partial charge on any atom is 0.0677 e. The van der Waals surface area contributed by atoms with Gasteiger partial charge in [0.05, 0.1) is 5.69 Å². The molecule has 0 aliphatic heterocycles. The first kappa shape index (κ1) is 11.9. The van der Waals surface area contributed by atoms with E-state index >= 15 is 0 Å². The predicted octanol–water partition coefficient (Wildman–Crippen LogP) is 2.40. The lowest BCUT2D eigenvalue weighted by molar-refractivity contribution is 0.376. The largest absolute Gasteiger partial charge is 0.330 e. The van der Waals surface area contributed by atoms with Gasteiger partial charge in [-0.1, -0.05) is 32.0 Å². The van der Waals surface area contributed by atoms with Crippen LogP contribution in [0, 0.1) is 5.41 Å². The zero-order valence-electron chi connectivity index (χ0n) is 10.4. The van der Waals surface area contributed by atoms with Crippen molar-refractivity contribution in [3.05, 3.63) is 48.3 Å². The average molecular weight is 229 g/mol. The third kappa shape index (κ3) is 2.74. The van der Waals surface area contributed by atoms with Crippen LogP contribution >= 0.6 is 0 Å². The van der Waals surface area contributed by atoms with E-state index in [1.165, 1.54) is 5.56 Å². The fourth-order valence-corrected chi connectivity index (χ4v) is 1.88. The van der Waals surface area contributed by atoms with Gasteiger partial charge >= 0.3 is 0 Å². The van der Waals surface area contributed by atoms with Crippen molar-refractivity contribution in [2.45, 2.75) is 20.3 Å². The zero-order chi connectivity index (χ0) is 12.3. The Kier molecular flexibility index (Phi) is 3.29. The van der Waals surface area contributed by atoms with Gasteiger partial charge in [0.15, 0.2) is 0 Å². The maximum atomic E-state index is 5.80. The molecular weight excluding hydrogens is 210 g/mol. The van der Waals surface area contributed by atoms with E-state index in [-0.39, 0.29) is 5.41 Å². The summed E-state index contributed by atoms with van der Waals surface area (Å²) in [4.78, 5) is 0. The van der Waals surface area contributed by atoms with Crippen molar-refractivity contribution in [2.75, 3.05) is 6.54 Å². The van der Waals surface area contributed by atoms with E-state index in [9.17, 15) is 0 Å². The highest BCUT2D eigenvalue weighted by Crippen LogP contribution is 2.24. The summed E-state index contributed by atoms with van der Waals surface area (Å²) in [5.74, 6) is 0. The molecule has 3 heteroatoms. The summed E-state index contributed by atoms with van der Waals surface area (Å²) in [6.45, 7) is 5.06. The SMILES string of the molecule is CC(C)(CN)Cc1ccccc1-n1cccn1. The molecule has 1 aromatic carbocycles. The molecule has 0 aliphatic rings. The number of nitrogens with zero attached hydrogens (tertiary/aromatic N) is 2. The van der Waals surface area contributed by atoms with Crippen LogP contribution in [0.15, 0.2) is 42.7 Å². The molecule has 0 spiro atoms. The second-order valence-electron chi connectivity index (χ2n) is 5.12. The van der Waals surface area contributed by atoms with Crippen molar-refractivity contribution < 1.29 is 0 Å². The lowest BCUT2D eigenvalue weighted by atomic mass is 9.85. The van der Waals surface area contributed by atoms with Crippen LogP contribution in [0.3, 0.4) is 0 Å². The molecule has 1 aromatic heterocycles. The molecule has 0 amide bonds. The third-order valence-electron chi connectivity index (χ3n) is 2.96. The quantitative estimate of drug-likeness (QED) is 0.875. The first-order valence-corrected chi connectivity index (χ1v) is 5.90. The molecule has 0 atom stereocenters. The highest BCUT2D eigenvalue weighted by atomic mass is 15.3. The van der Waals surface area contributed by atoms with Crippen molar-refractivity contribution in [3.63, 3.8) is 0 Å². The number of hydrogen-bond acceptors (Lipinski definition) is 2. The monoisotopic (exact) mass is 229 g/mol. The van der Waals surface area contributed by atoms with Gasteiger partial charge in [-0.05, 0) is 36.1 Å². The number of aromatic nitrogens is 2. The highest BCUT2D eigenvalue weighted by molar-refractivity contribution is 5.40. The maximum absolute atomic E-state index is 5.80. The van der Waals surface area contributed by atoms with Gasteiger partial charge in [0, 0.05) is 12.4 Å². The summed E-state index contributed by atoms with van der Waals surface area (Å²) in [6, 6.07) is 10.3. The van der Waals surface area contributed by atoms with E-state index in [1.54, 1.807) is 6.20 Å². The van der Waals surface area contributed by atoms with Gasteiger partial charge < -0.3 is 5.73 Å². The number of nitrogens with two attached hydrogens (primary N) is 1. The van der Waals surface area contributed by atoms with Gasteiger partial charge in [-0.15, -0.1) is 0 Å². The lowest BCUT2D eigenvalue weighted by Crippen LogP contribution is -2.26. The third-order valence-corrected chi connectivity index (χ3v) is 2.96. The molecular formula is C14H19N3. The second kappa shape index (κ2) is 4.72. The van der Waals surface area contributed by atoms with Gasteiger partial charge in [-0.3, -0.25) is 0 Å². The Labute approximate surface area is 102 Å². The number of hydrogen-bond donors (Lipinski definition) is 1. The van der Waals surface area contributed by atoms with Gasteiger partial charge in [0.25, 0.3) is 0 Å². The van der Waals surface area contributed by atoms with Crippen molar-refractivity contribution in [3.8, 4) is 5.69 Å². The van der Waals surface area contributed by atoms with Crippen LogP contribution < -0.4 is 5.73 Å². The Balaban J connectivity index is 2.35. The molecule has 1 heterocycles. The Hall–Kier alpha value is -1.61. The van der Waals surface area contributed by atoms with Gasteiger partial charge in [0.1, 0.15) is 0 Å². The molecule has 2 N–H and O–H groups in total. The molecule has 2 rings (SSSR count). The van der Waals surface area contributed by atoms with E-state index in [2.05, 4.69) is 37.1 Å². The average Bonchev–Trinajstić information content (AvgIpc) is 2.83. The van der Waals surface area contributed by atoms with Gasteiger partial charge in [0.2, 0.25) is 0 Å². The zero-order valence-corrected chi connectivity index (χ0v) is 10.4. The minimum Gasteiger partial charge on any atom is -0.330 e. The Morgan fingerprint density at radius 3 is 2.65 bits per heavy atom. The van der Waals surface area contributed by atoms with Crippen molar-refractivity contribution >= 4 is 0 Å². The van der Waals surface area contributed by atoms with Crippen LogP contribution in [0.2, 0.25) is 0 Å². The number of para-hydroxylation sites is 1. The number of benzene rings is 1. The van der Waals surface area contributed by atoms with Crippen LogP contribution in [-0.2, 0) is 6.42 Å². The van der Waals surface area contributed by atoms with Crippen LogP contribution in [0.4, 0.5) is 0 Å². The Bertz CT molecular complexity index is 472. The topological polar surface area (TPSA) is 43.8 Å². The fraction of sp³-hybridized carbons (Fsp3) is 0.357. The summed E-state index contributed by atoms with van der Waals surface area (Å²) in [6.07, 6.45) is 4.72. The summed E-state index contributed by atoms with van der Waals surface area (Å²) < 4.78 is 1.90. The van der Waals surface area contributed by atoms with Crippen LogP contribution in [0.1, 0.15) is 19.4 Å². The van der Waals surface area contributed by atoms with E-state index in [1.807, 2.05) is 23.0 Å². The molecule has 0 radical (unpaired) electrons. The highest BCUT2D eigenvalue weighted by Gasteiger charge is 2.18. The normalized spacial score (nSPS) is 11.7. The molecule has 2 aromatic rings. The molecule has 3 nitrogen and oxygen atoms in total. The molecule has 0 saturated heterocycles. The molecule has 0 aliphatic carbocycles. The molecule has 0 unspecified atom stereocenters. The summed E-state index contributed by atoms with van der Waals surface area (Å²) in [5, 5.41) is 4.29. The first-order chi connectivity index (χ1) is 8.12. The molecule has 17 heavy (non-hydrogen) atoms. The van der Waals surface area contributed by atoms with Crippen LogP contribution in [-0.4, -0.2) is 16.3 Å². The standard InChI is InChI=1S/C14H19N3/c1-14(2,11-15)10-12-6-3-4-7-13(12)17-9-5-8-16-17/h3-9H,10-11,15H2,1-2H3. The molecule has 0 bridgehead atoms. The Morgan fingerprint density at radius 1 is 1.24 bits per heavy atom. The fourth-order valence-electron chi connectivity index (χ4n) is 1.88. The smallest absolute Gasteiger partial charge is 0.0677 e. The minimum absolute atomic E-state index is 0.114. The van der Waals surface area contributed by atoms with Crippen LogP contribution in [0.25, 0.3) is 5.69 Å². The van der Waals surface area contributed by atoms with Crippen molar-refractivity contribution in [2.24, 2.45) is 11.1 Å². The summed E-state index contributed by atoms with van der Waals surface area (Å²) in [5.41, 5.74) is 8.34. The van der Waals surface area contributed by atoms with Gasteiger partial charge in [-0.25, -0.2) is 4.68 Å². The van der Waals surface area contributed by atoms with Crippen molar-refractivity contribution in [1.29, 1.82) is 0 Å². The molecule has 90 valence electrons. The second-order valence-corrected chi connectivity index (χ2v) is 5.12. The van der Waals surface area contributed by atoms with Gasteiger partial charge in [-0.2, -0.15) is 5.10 Å². The van der Waals surface area contributed by atoms with E-state index in [0.717, 1.165) is 12.1 Å². The lowest BCUT2D eigenvalue weighted by Gasteiger charge is -2.23. The van der Waals surface area contributed by atoms with E-state index < -0.39 is 0 Å². The van der Waals surface area contributed by atoms with Crippen molar-refractivity contribution in [1.82, 2.24) is 9.78 Å². The van der Waals surface area contributed by atoms with E-state index in [0.29, 0.717) is 6.54 Å². The van der Waals surface area contributed by atoms with E-state index in [4.69, 9.17) is 5.73 Å². The molecule has 0 saturated carbocycles. The summed E-state index contributed by atoms with van der Waals surface area (Å²) in [7, 11) is 0. The first-order valence-electron chi connectivity index (χ1n) is 5.90. The molecule has 0 fully saturated rings. The van der Waals surface area contributed by atoms with Crippen LogP contribution in [0.5, 0.6) is 0 Å². The summed E-state index contributed by atoms with van der Waals surface area (Å²) >= 11 is 0. The number of rotatable bonds is 4. The minimum atomic E-state index is 0.114. The predicted molar refractivity (Wildman–Crippen MR) is 70.1 cm³/mol.